The second kappa shape index (κ2) is 6.86. The van der Waals surface area contributed by atoms with E-state index < -0.39 is 0 Å². The first-order chi connectivity index (χ1) is 12.6. The minimum atomic E-state index is 0.130. The molecule has 0 radical (unpaired) electrons. The zero-order chi connectivity index (χ0) is 18.1. The van der Waals surface area contributed by atoms with Crippen LogP contribution in [0.2, 0.25) is 0 Å². The number of aryl methyl sites for hydroxylation is 2. The van der Waals surface area contributed by atoms with E-state index in [9.17, 15) is 4.79 Å². The minimum Gasteiger partial charge on any atom is -0.490 e. The summed E-state index contributed by atoms with van der Waals surface area (Å²) in [6.45, 7) is 5.16. The van der Waals surface area contributed by atoms with Gasteiger partial charge < -0.3 is 19.1 Å². The molecular formula is C20H23N3O3. The second-order valence-electron chi connectivity index (χ2n) is 6.87. The van der Waals surface area contributed by atoms with E-state index in [1.54, 1.807) is 0 Å². The average molecular weight is 353 g/mol. The highest BCUT2D eigenvalue weighted by molar-refractivity contribution is 5.85. The molecule has 6 heteroatoms. The molecule has 1 aliphatic heterocycles. The molecule has 1 amide bonds. The van der Waals surface area contributed by atoms with Gasteiger partial charge in [-0.2, -0.15) is 0 Å². The van der Waals surface area contributed by atoms with Crippen LogP contribution in [0.4, 0.5) is 0 Å². The van der Waals surface area contributed by atoms with E-state index in [1.165, 1.54) is 0 Å². The number of nitrogens with zero attached hydrogens (tertiary/aromatic N) is 2. The Morgan fingerprint density at radius 2 is 2.12 bits per heavy atom. The maximum Gasteiger partial charge on any atom is 0.227 e. The summed E-state index contributed by atoms with van der Waals surface area (Å²) in [6, 6.07) is 8.08. The Hall–Kier alpha value is -2.76. The lowest BCUT2D eigenvalue weighted by molar-refractivity contribution is -0.132. The van der Waals surface area contributed by atoms with E-state index in [0.717, 1.165) is 59.6 Å². The third-order valence-electron chi connectivity index (χ3n) is 5.15. The number of rotatable bonds is 4. The molecule has 1 N–H and O–H groups in total. The standard InChI is InChI=1S/C20H23N3O3/c1-13-17(14(2)26-22-13)12-20(24)23-10-7-15(8-11-23)25-19-5-3-4-18-16(19)6-9-21-18/h3-6,9,15,21H,7-8,10-12H2,1-2H3. The Kier molecular flexibility index (Phi) is 4.41. The van der Waals surface area contributed by atoms with E-state index in [-0.39, 0.29) is 12.0 Å². The van der Waals surface area contributed by atoms with E-state index in [4.69, 9.17) is 9.26 Å². The highest BCUT2D eigenvalue weighted by atomic mass is 16.5. The van der Waals surface area contributed by atoms with Crippen molar-refractivity contribution in [1.82, 2.24) is 15.0 Å². The maximum atomic E-state index is 12.6. The van der Waals surface area contributed by atoms with Crippen molar-refractivity contribution in [3.8, 4) is 5.75 Å². The second-order valence-corrected chi connectivity index (χ2v) is 6.87. The normalized spacial score (nSPS) is 15.5. The van der Waals surface area contributed by atoms with E-state index in [0.29, 0.717) is 6.42 Å². The number of carbonyl (C=O) groups is 1. The summed E-state index contributed by atoms with van der Waals surface area (Å²) in [4.78, 5) is 17.7. The molecule has 1 aliphatic rings. The number of fused-ring (bicyclic) bond motifs is 1. The van der Waals surface area contributed by atoms with Crippen molar-refractivity contribution in [2.24, 2.45) is 0 Å². The fourth-order valence-electron chi connectivity index (χ4n) is 3.58. The number of aromatic nitrogens is 2. The molecular weight excluding hydrogens is 330 g/mol. The van der Waals surface area contributed by atoms with E-state index in [1.807, 2.05) is 49.2 Å². The third kappa shape index (κ3) is 3.19. The Labute approximate surface area is 152 Å². The van der Waals surface area contributed by atoms with Crippen LogP contribution in [0.15, 0.2) is 35.0 Å². The first-order valence-electron chi connectivity index (χ1n) is 9.04. The molecule has 0 unspecified atom stereocenters. The van der Waals surface area contributed by atoms with Crippen molar-refractivity contribution in [3.63, 3.8) is 0 Å². The van der Waals surface area contributed by atoms with Crippen LogP contribution in [0.25, 0.3) is 10.9 Å². The highest BCUT2D eigenvalue weighted by Gasteiger charge is 2.25. The van der Waals surface area contributed by atoms with Gasteiger partial charge in [-0.05, 0) is 32.0 Å². The summed E-state index contributed by atoms with van der Waals surface area (Å²) in [5.74, 6) is 1.77. The highest BCUT2D eigenvalue weighted by Crippen LogP contribution is 2.27. The van der Waals surface area contributed by atoms with Crippen LogP contribution >= 0.6 is 0 Å². The molecule has 6 nitrogen and oxygen atoms in total. The molecule has 3 aromatic rings. The number of hydrogen-bond donors (Lipinski definition) is 1. The van der Waals surface area contributed by atoms with Gasteiger partial charge in [0.1, 0.15) is 17.6 Å². The molecule has 1 saturated heterocycles. The van der Waals surface area contributed by atoms with Crippen molar-refractivity contribution < 1.29 is 14.1 Å². The van der Waals surface area contributed by atoms with Gasteiger partial charge in [0.05, 0.1) is 12.1 Å². The lowest BCUT2D eigenvalue weighted by Crippen LogP contribution is -2.42. The molecule has 0 aliphatic carbocycles. The molecule has 4 rings (SSSR count). The Balaban J connectivity index is 1.35. The van der Waals surface area contributed by atoms with E-state index in [2.05, 4.69) is 10.1 Å². The zero-order valence-electron chi connectivity index (χ0n) is 15.1. The van der Waals surface area contributed by atoms with Crippen molar-refractivity contribution in [3.05, 3.63) is 47.5 Å². The van der Waals surface area contributed by atoms with Gasteiger partial charge in [0.2, 0.25) is 5.91 Å². The molecule has 0 atom stereocenters. The van der Waals surface area contributed by atoms with Gasteiger partial charge in [0.15, 0.2) is 0 Å². The van der Waals surface area contributed by atoms with Crippen LogP contribution in [0.5, 0.6) is 5.75 Å². The predicted octanol–water partition coefficient (Wildman–Crippen LogP) is 3.39. The van der Waals surface area contributed by atoms with Crippen LogP contribution in [0, 0.1) is 13.8 Å². The number of likely N-dealkylation sites (tertiary alicyclic amines) is 1. The van der Waals surface area contributed by atoms with Crippen molar-refractivity contribution in [2.45, 2.75) is 39.2 Å². The predicted molar refractivity (Wildman–Crippen MR) is 98.2 cm³/mol. The monoisotopic (exact) mass is 353 g/mol. The van der Waals surface area contributed by atoms with Crippen molar-refractivity contribution in [1.29, 1.82) is 0 Å². The number of carbonyl (C=O) groups excluding carboxylic acids is 1. The number of amides is 1. The van der Waals surface area contributed by atoms with Gasteiger partial charge in [0.25, 0.3) is 0 Å². The first-order valence-corrected chi connectivity index (χ1v) is 9.04. The molecule has 3 heterocycles. The van der Waals surface area contributed by atoms with Crippen LogP contribution in [0.3, 0.4) is 0 Å². The maximum absolute atomic E-state index is 12.6. The van der Waals surface area contributed by atoms with Crippen LogP contribution < -0.4 is 4.74 Å². The van der Waals surface area contributed by atoms with Gasteiger partial charge in [-0.15, -0.1) is 0 Å². The molecule has 0 saturated carbocycles. The van der Waals surface area contributed by atoms with Gasteiger partial charge in [-0.25, -0.2) is 0 Å². The smallest absolute Gasteiger partial charge is 0.227 e. The Bertz CT molecular complexity index is 900. The van der Waals surface area contributed by atoms with Crippen LogP contribution in [-0.2, 0) is 11.2 Å². The molecule has 136 valence electrons. The average Bonchev–Trinajstić information content (AvgIpc) is 3.25. The molecule has 0 spiro atoms. The number of nitrogens with one attached hydrogen (secondary N) is 1. The Morgan fingerprint density at radius 3 is 2.85 bits per heavy atom. The number of H-pyrrole nitrogens is 1. The molecule has 1 aromatic carbocycles. The summed E-state index contributed by atoms with van der Waals surface area (Å²) >= 11 is 0. The zero-order valence-corrected chi connectivity index (χ0v) is 15.1. The SMILES string of the molecule is Cc1noc(C)c1CC(=O)N1CCC(Oc2cccc3[nH]ccc23)CC1. The summed E-state index contributed by atoms with van der Waals surface area (Å²) < 4.78 is 11.4. The summed E-state index contributed by atoms with van der Waals surface area (Å²) in [5, 5.41) is 5.03. The van der Waals surface area contributed by atoms with Crippen LogP contribution in [0.1, 0.15) is 29.9 Å². The quantitative estimate of drug-likeness (QED) is 0.780. The third-order valence-corrected chi connectivity index (χ3v) is 5.15. The summed E-state index contributed by atoms with van der Waals surface area (Å²) in [6.07, 6.45) is 4.10. The fraction of sp³-hybridized carbons (Fsp3) is 0.400. The summed E-state index contributed by atoms with van der Waals surface area (Å²) in [5.41, 5.74) is 2.79. The fourth-order valence-corrected chi connectivity index (χ4v) is 3.58. The molecule has 0 bridgehead atoms. The number of aromatic amines is 1. The van der Waals surface area contributed by atoms with Crippen molar-refractivity contribution >= 4 is 16.8 Å². The minimum absolute atomic E-state index is 0.130. The Morgan fingerprint density at radius 1 is 1.31 bits per heavy atom. The van der Waals surface area contributed by atoms with Crippen molar-refractivity contribution in [2.75, 3.05) is 13.1 Å². The van der Waals surface area contributed by atoms with Crippen LogP contribution in [-0.4, -0.2) is 40.1 Å². The van der Waals surface area contributed by atoms with Gasteiger partial charge >= 0.3 is 0 Å². The lowest BCUT2D eigenvalue weighted by atomic mass is 10.1. The topological polar surface area (TPSA) is 71.4 Å². The number of ether oxygens (including phenoxy) is 1. The number of hydrogen-bond acceptors (Lipinski definition) is 4. The van der Waals surface area contributed by atoms with E-state index >= 15 is 0 Å². The van der Waals surface area contributed by atoms with Gasteiger partial charge in [-0.1, -0.05) is 11.2 Å². The number of benzene rings is 1. The summed E-state index contributed by atoms with van der Waals surface area (Å²) in [7, 11) is 0. The first kappa shape index (κ1) is 16.7. The molecule has 1 fully saturated rings. The molecule has 26 heavy (non-hydrogen) atoms. The number of piperidine rings is 1. The van der Waals surface area contributed by atoms with Gasteiger partial charge in [0, 0.05) is 48.6 Å². The molecule has 2 aromatic heterocycles. The largest absolute Gasteiger partial charge is 0.490 e. The van der Waals surface area contributed by atoms with Gasteiger partial charge in [-0.3, -0.25) is 4.79 Å². The lowest BCUT2D eigenvalue weighted by Gasteiger charge is -2.32.